The number of urea groups is 1. The summed E-state index contributed by atoms with van der Waals surface area (Å²) in [5.41, 5.74) is 2.84. The Balaban J connectivity index is 1.77. The standard InChI is InChI=1S/C21H22N2O7/c1-13-4-6-16(14(2)8-13)22-21(27)23-19(25)11-30-20(26)12-29-17-7-5-15(10-24)9-18(17)28-3/h4-10H,11-12H2,1-3H3,(H2,22,23,25,27). The fraction of sp³-hybridized carbons (Fsp3) is 0.238. The second-order valence-electron chi connectivity index (χ2n) is 6.30. The lowest BCUT2D eigenvalue weighted by Gasteiger charge is -2.11. The van der Waals surface area contributed by atoms with E-state index in [9.17, 15) is 19.2 Å². The molecule has 0 saturated carbocycles. The van der Waals surface area contributed by atoms with Gasteiger partial charge in [-0.25, -0.2) is 9.59 Å². The number of amides is 3. The van der Waals surface area contributed by atoms with Crippen molar-refractivity contribution in [3.63, 3.8) is 0 Å². The van der Waals surface area contributed by atoms with Gasteiger partial charge < -0.3 is 19.5 Å². The molecular weight excluding hydrogens is 392 g/mol. The van der Waals surface area contributed by atoms with Crippen LogP contribution in [0.4, 0.5) is 10.5 Å². The van der Waals surface area contributed by atoms with Crippen molar-refractivity contribution in [2.45, 2.75) is 13.8 Å². The van der Waals surface area contributed by atoms with Gasteiger partial charge >= 0.3 is 12.0 Å². The van der Waals surface area contributed by atoms with Gasteiger partial charge in [-0.3, -0.25) is 14.9 Å². The third-order valence-electron chi connectivity index (χ3n) is 3.92. The molecule has 0 aliphatic heterocycles. The first-order valence-electron chi connectivity index (χ1n) is 8.92. The molecule has 9 heteroatoms. The smallest absolute Gasteiger partial charge is 0.344 e. The molecule has 158 valence electrons. The SMILES string of the molecule is COc1cc(C=O)ccc1OCC(=O)OCC(=O)NC(=O)Nc1ccc(C)cc1C. The van der Waals surface area contributed by atoms with Crippen molar-refractivity contribution in [3.8, 4) is 11.5 Å². The minimum atomic E-state index is -0.818. The number of hydrogen-bond acceptors (Lipinski definition) is 7. The number of imide groups is 1. The number of nitrogens with one attached hydrogen (secondary N) is 2. The number of carbonyl (C=O) groups is 4. The van der Waals surface area contributed by atoms with Crippen molar-refractivity contribution in [1.29, 1.82) is 0 Å². The van der Waals surface area contributed by atoms with Crippen molar-refractivity contribution < 1.29 is 33.4 Å². The number of carbonyl (C=O) groups excluding carboxylic acids is 4. The second-order valence-corrected chi connectivity index (χ2v) is 6.30. The number of methoxy groups -OCH3 is 1. The van der Waals surface area contributed by atoms with Crippen LogP contribution < -0.4 is 20.1 Å². The van der Waals surface area contributed by atoms with E-state index in [0.29, 0.717) is 17.5 Å². The maximum atomic E-state index is 11.9. The first kappa shape index (κ1) is 22.4. The summed E-state index contributed by atoms with van der Waals surface area (Å²) < 4.78 is 15.1. The van der Waals surface area contributed by atoms with E-state index >= 15 is 0 Å². The van der Waals surface area contributed by atoms with Gasteiger partial charge in [0, 0.05) is 11.3 Å². The predicted molar refractivity (Wildman–Crippen MR) is 108 cm³/mol. The van der Waals surface area contributed by atoms with Crippen molar-refractivity contribution >= 4 is 29.9 Å². The van der Waals surface area contributed by atoms with Gasteiger partial charge in [-0.05, 0) is 43.7 Å². The molecular formula is C21H22N2O7. The fourth-order valence-electron chi connectivity index (χ4n) is 2.47. The van der Waals surface area contributed by atoms with Crippen molar-refractivity contribution in [2.24, 2.45) is 0 Å². The average molecular weight is 414 g/mol. The first-order chi connectivity index (χ1) is 14.3. The maximum absolute atomic E-state index is 11.9. The molecule has 0 radical (unpaired) electrons. The van der Waals surface area contributed by atoms with Gasteiger partial charge in [0.1, 0.15) is 6.29 Å². The molecule has 0 aliphatic carbocycles. The molecule has 0 bridgehead atoms. The summed E-state index contributed by atoms with van der Waals surface area (Å²) in [4.78, 5) is 46.2. The molecule has 2 aromatic carbocycles. The maximum Gasteiger partial charge on any atom is 0.344 e. The van der Waals surface area contributed by atoms with Crippen LogP contribution in [-0.2, 0) is 14.3 Å². The molecule has 0 atom stereocenters. The predicted octanol–water partition coefficient (Wildman–Crippen LogP) is 2.39. The number of anilines is 1. The highest BCUT2D eigenvalue weighted by molar-refractivity contribution is 6.02. The van der Waals surface area contributed by atoms with E-state index in [-0.39, 0.29) is 11.5 Å². The Labute approximate surface area is 173 Å². The van der Waals surface area contributed by atoms with Crippen LogP contribution in [0.1, 0.15) is 21.5 Å². The quantitative estimate of drug-likeness (QED) is 0.503. The number of esters is 1. The number of aldehydes is 1. The van der Waals surface area contributed by atoms with Crippen LogP contribution >= 0.6 is 0 Å². The topological polar surface area (TPSA) is 120 Å². The van der Waals surface area contributed by atoms with E-state index in [4.69, 9.17) is 14.2 Å². The van der Waals surface area contributed by atoms with Crippen LogP contribution in [0.25, 0.3) is 0 Å². The number of aryl methyl sites for hydroxylation is 2. The molecule has 0 spiro atoms. The number of hydrogen-bond donors (Lipinski definition) is 2. The zero-order valence-corrected chi connectivity index (χ0v) is 16.8. The van der Waals surface area contributed by atoms with Gasteiger partial charge in [0.05, 0.1) is 7.11 Å². The molecule has 2 aromatic rings. The fourth-order valence-corrected chi connectivity index (χ4v) is 2.47. The Morgan fingerprint density at radius 1 is 1.00 bits per heavy atom. The van der Waals surface area contributed by atoms with Crippen LogP contribution in [0.2, 0.25) is 0 Å². The number of rotatable bonds is 8. The summed E-state index contributed by atoms with van der Waals surface area (Å²) in [5.74, 6) is -1.11. The molecule has 0 heterocycles. The summed E-state index contributed by atoms with van der Waals surface area (Å²) in [6.07, 6.45) is 0.648. The lowest BCUT2D eigenvalue weighted by Crippen LogP contribution is -2.37. The zero-order valence-electron chi connectivity index (χ0n) is 16.8. The van der Waals surface area contributed by atoms with Crippen LogP contribution in [-0.4, -0.2) is 44.5 Å². The number of ether oxygens (including phenoxy) is 3. The molecule has 0 unspecified atom stereocenters. The molecule has 2 rings (SSSR count). The van der Waals surface area contributed by atoms with Gasteiger partial charge in [0.2, 0.25) is 0 Å². The van der Waals surface area contributed by atoms with E-state index < -0.39 is 31.1 Å². The van der Waals surface area contributed by atoms with Crippen molar-refractivity contribution in [3.05, 3.63) is 53.1 Å². The van der Waals surface area contributed by atoms with Gasteiger partial charge in [0.25, 0.3) is 5.91 Å². The highest BCUT2D eigenvalue weighted by atomic mass is 16.6. The van der Waals surface area contributed by atoms with Crippen molar-refractivity contribution in [1.82, 2.24) is 5.32 Å². The van der Waals surface area contributed by atoms with Gasteiger partial charge in [-0.2, -0.15) is 0 Å². The summed E-state index contributed by atoms with van der Waals surface area (Å²) in [7, 11) is 1.39. The van der Waals surface area contributed by atoms with Crippen LogP contribution in [0.3, 0.4) is 0 Å². The first-order valence-corrected chi connectivity index (χ1v) is 8.92. The Morgan fingerprint density at radius 2 is 1.77 bits per heavy atom. The van der Waals surface area contributed by atoms with E-state index in [0.717, 1.165) is 11.1 Å². The monoisotopic (exact) mass is 414 g/mol. The van der Waals surface area contributed by atoms with Gasteiger partial charge in [-0.1, -0.05) is 17.7 Å². The molecule has 0 aliphatic rings. The Morgan fingerprint density at radius 3 is 2.43 bits per heavy atom. The van der Waals surface area contributed by atoms with E-state index in [1.54, 1.807) is 6.07 Å². The lowest BCUT2D eigenvalue weighted by atomic mass is 10.1. The Kier molecular flexibility index (Phi) is 7.92. The third kappa shape index (κ3) is 6.62. The zero-order chi connectivity index (χ0) is 22.1. The van der Waals surface area contributed by atoms with Gasteiger partial charge in [0.15, 0.2) is 24.7 Å². The third-order valence-corrected chi connectivity index (χ3v) is 3.92. The summed E-state index contributed by atoms with van der Waals surface area (Å²) in [5, 5.41) is 4.62. The Hall–Kier alpha value is -3.88. The lowest BCUT2D eigenvalue weighted by molar-refractivity contribution is -0.150. The summed E-state index contributed by atoms with van der Waals surface area (Å²) in [6.45, 7) is 2.62. The van der Waals surface area contributed by atoms with Crippen molar-refractivity contribution in [2.75, 3.05) is 25.6 Å². The highest BCUT2D eigenvalue weighted by Crippen LogP contribution is 2.27. The Bertz CT molecular complexity index is 956. The molecule has 3 amide bonds. The van der Waals surface area contributed by atoms with Crippen LogP contribution in [0.5, 0.6) is 11.5 Å². The summed E-state index contributed by atoms with van der Waals surface area (Å²) >= 11 is 0. The van der Waals surface area contributed by atoms with E-state index in [2.05, 4.69) is 10.6 Å². The molecule has 0 fully saturated rings. The van der Waals surface area contributed by atoms with Gasteiger partial charge in [-0.15, -0.1) is 0 Å². The number of benzene rings is 2. The van der Waals surface area contributed by atoms with E-state index in [1.165, 1.54) is 25.3 Å². The molecule has 2 N–H and O–H groups in total. The summed E-state index contributed by atoms with van der Waals surface area (Å²) in [6, 6.07) is 9.13. The largest absolute Gasteiger partial charge is 0.493 e. The molecule has 0 saturated heterocycles. The minimum absolute atomic E-state index is 0.234. The normalized spacial score (nSPS) is 9.97. The molecule has 0 aromatic heterocycles. The molecule has 9 nitrogen and oxygen atoms in total. The van der Waals surface area contributed by atoms with E-state index in [1.807, 2.05) is 26.0 Å². The highest BCUT2D eigenvalue weighted by Gasteiger charge is 2.13. The van der Waals surface area contributed by atoms with Crippen LogP contribution in [0.15, 0.2) is 36.4 Å². The molecule has 30 heavy (non-hydrogen) atoms. The average Bonchev–Trinajstić information content (AvgIpc) is 2.72. The second kappa shape index (κ2) is 10.6. The van der Waals surface area contributed by atoms with Crippen LogP contribution in [0, 0.1) is 13.8 Å². The minimum Gasteiger partial charge on any atom is -0.493 e.